The van der Waals surface area contributed by atoms with Crippen LogP contribution in [0.15, 0.2) is 41.8 Å². The van der Waals surface area contributed by atoms with Crippen LogP contribution in [0.3, 0.4) is 0 Å². The number of rotatable bonds is 5. The zero-order valence-electron chi connectivity index (χ0n) is 11.3. The molecule has 1 aromatic rings. The van der Waals surface area contributed by atoms with Crippen LogP contribution in [0.4, 0.5) is 0 Å². The third kappa shape index (κ3) is 2.93. The zero-order valence-corrected chi connectivity index (χ0v) is 11.3. The van der Waals surface area contributed by atoms with Crippen LogP contribution >= 0.6 is 0 Å². The van der Waals surface area contributed by atoms with Gasteiger partial charge in [-0.25, -0.2) is 4.98 Å². The summed E-state index contributed by atoms with van der Waals surface area (Å²) in [6.45, 7) is 0. The fraction of sp³-hybridized carbons (Fsp3) is 0.267. The van der Waals surface area contributed by atoms with Gasteiger partial charge in [0.2, 0.25) is 5.88 Å². The minimum atomic E-state index is 0.131. The molecule has 0 saturated heterocycles. The number of hydrogen-bond acceptors (Lipinski definition) is 5. The number of aliphatic hydroxyl groups is 1. The minimum absolute atomic E-state index is 0.131. The van der Waals surface area contributed by atoms with E-state index in [4.69, 9.17) is 15.6 Å². The molecule has 104 valence electrons. The number of methoxy groups -OCH3 is 1. The molecule has 20 heavy (non-hydrogen) atoms. The summed E-state index contributed by atoms with van der Waals surface area (Å²) in [4.78, 5) is 4.04. The number of ether oxygens (including phenoxy) is 1. The summed E-state index contributed by atoms with van der Waals surface area (Å²) in [6.07, 6.45) is 6.87. The van der Waals surface area contributed by atoms with Crippen molar-refractivity contribution in [2.75, 3.05) is 7.11 Å². The molecule has 0 aromatic carbocycles. The summed E-state index contributed by atoms with van der Waals surface area (Å²) in [7, 11) is 1.50. The van der Waals surface area contributed by atoms with Crippen LogP contribution in [-0.2, 0) is 0 Å². The molecular weight excluding hydrogens is 254 g/mol. The van der Waals surface area contributed by atoms with E-state index in [2.05, 4.69) is 4.98 Å². The van der Waals surface area contributed by atoms with Gasteiger partial charge in [-0.3, -0.25) is 0 Å². The summed E-state index contributed by atoms with van der Waals surface area (Å²) in [5.41, 5.74) is 1.57. The number of aromatic nitrogens is 1. The van der Waals surface area contributed by atoms with Gasteiger partial charge in [0, 0.05) is 29.6 Å². The Morgan fingerprint density at radius 3 is 2.75 bits per heavy atom. The van der Waals surface area contributed by atoms with Crippen LogP contribution < -0.4 is 4.74 Å². The summed E-state index contributed by atoms with van der Waals surface area (Å²) < 4.78 is 5.12. The third-order valence-electron chi connectivity index (χ3n) is 3.10. The molecule has 1 aliphatic rings. The van der Waals surface area contributed by atoms with Crippen molar-refractivity contribution in [2.24, 2.45) is 0 Å². The van der Waals surface area contributed by atoms with E-state index >= 15 is 0 Å². The van der Waals surface area contributed by atoms with Gasteiger partial charge < -0.3 is 20.7 Å². The maximum Gasteiger partial charge on any atom is 0.222 e. The Labute approximate surface area is 117 Å². The number of pyridine rings is 1. The second-order valence-corrected chi connectivity index (χ2v) is 4.48. The molecule has 3 N–H and O–H groups in total. The highest BCUT2D eigenvalue weighted by atomic mass is 16.5. The molecule has 0 radical (unpaired) electrons. The van der Waals surface area contributed by atoms with E-state index in [0.717, 1.165) is 12.8 Å². The van der Waals surface area contributed by atoms with Crippen molar-refractivity contribution >= 4 is 11.4 Å². The van der Waals surface area contributed by atoms with Gasteiger partial charge in [0.05, 0.1) is 12.7 Å². The van der Waals surface area contributed by atoms with Gasteiger partial charge in [-0.15, -0.1) is 0 Å². The fourth-order valence-electron chi connectivity index (χ4n) is 2.09. The molecule has 0 aliphatic heterocycles. The van der Waals surface area contributed by atoms with E-state index in [1.165, 1.54) is 7.11 Å². The number of nitrogens with zero attached hydrogens (tertiary/aromatic N) is 1. The fourth-order valence-corrected chi connectivity index (χ4v) is 2.09. The molecule has 0 amide bonds. The van der Waals surface area contributed by atoms with Crippen molar-refractivity contribution in [3.05, 3.63) is 47.4 Å². The molecule has 0 spiro atoms. The van der Waals surface area contributed by atoms with Crippen molar-refractivity contribution in [1.82, 2.24) is 4.98 Å². The third-order valence-corrected chi connectivity index (χ3v) is 3.10. The Bertz CT molecular complexity index is 603. The number of nitrogens with one attached hydrogen (secondary N) is 2. The SMILES string of the molecule is COc1ncccc1C(=N)CC(=N)C1=CCCC=C1O. The van der Waals surface area contributed by atoms with Crippen LogP contribution in [0, 0.1) is 10.8 Å². The van der Waals surface area contributed by atoms with Crippen molar-refractivity contribution in [2.45, 2.75) is 19.3 Å². The first-order valence-corrected chi connectivity index (χ1v) is 6.37. The number of hydrogen-bond donors (Lipinski definition) is 3. The first kappa shape index (κ1) is 14.0. The predicted octanol–water partition coefficient (Wildman–Crippen LogP) is 3.03. The van der Waals surface area contributed by atoms with Crippen LogP contribution in [0.5, 0.6) is 5.88 Å². The molecule has 0 fully saturated rings. The lowest BCUT2D eigenvalue weighted by Gasteiger charge is -2.14. The van der Waals surface area contributed by atoms with Crippen LogP contribution in [-0.4, -0.2) is 28.6 Å². The van der Waals surface area contributed by atoms with E-state index in [1.807, 2.05) is 6.08 Å². The van der Waals surface area contributed by atoms with Gasteiger partial charge in [-0.05, 0) is 31.1 Å². The summed E-state index contributed by atoms with van der Waals surface area (Å²) in [5, 5.41) is 25.9. The van der Waals surface area contributed by atoms with Crippen LogP contribution in [0.1, 0.15) is 24.8 Å². The summed E-state index contributed by atoms with van der Waals surface area (Å²) in [5.74, 6) is 0.509. The van der Waals surface area contributed by atoms with Crippen molar-refractivity contribution in [1.29, 1.82) is 10.8 Å². The Morgan fingerprint density at radius 1 is 1.30 bits per heavy atom. The van der Waals surface area contributed by atoms with Crippen LogP contribution in [0.2, 0.25) is 0 Å². The quantitative estimate of drug-likeness (QED) is 0.719. The highest BCUT2D eigenvalue weighted by molar-refractivity contribution is 6.17. The molecule has 0 bridgehead atoms. The Morgan fingerprint density at radius 2 is 2.05 bits per heavy atom. The molecular formula is C15H17N3O2. The highest BCUT2D eigenvalue weighted by Gasteiger charge is 2.17. The maximum atomic E-state index is 9.77. The van der Waals surface area contributed by atoms with Gasteiger partial charge in [-0.2, -0.15) is 0 Å². The Hall–Kier alpha value is -2.43. The van der Waals surface area contributed by atoms with E-state index in [9.17, 15) is 5.11 Å². The van der Waals surface area contributed by atoms with E-state index in [0.29, 0.717) is 17.0 Å². The number of aliphatic hydroxyl groups excluding tert-OH is 1. The largest absolute Gasteiger partial charge is 0.508 e. The first-order chi connectivity index (χ1) is 9.63. The summed E-state index contributed by atoms with van der Waals surface area (Å²) >= 11 is 0. The van der Waals surface area contributed by atoms with Gasteiger partial charge >= 0.3 is 0 Å². The van der Waals surface area contributed by atoms with Crippen molar-refractivity contribution in [3.8, 4) is 5.88 Å². The first-order valence-electron chi connectivity index (χ1n) is 6.37. The van der Waals surface area contributed by atoms with E-state index in [1.54, 1.807) is 24.4 Å². The van der Waals surface area contributed by atoms with Crippen molar-refractivity contribution in [3.63, 3.8) is 0 Å². The standard InChI is InChI=1S/C15H17N3O2/c1-20-15-11(6-4-8-18-15)13(17)9-12(16)10-5-2-3-7-14(10)19/h4-8,16-17,19H,2-3,9H2,1H3. The molecule has 5 nitrogen and oxygen atoms in total. The van der Waals surface area contributed by atoms with Gasteiger partial charge in [0.15, 0.2) is 0 Å². The molecule has 1 aliphatic carbocycles. The molecule has 0 saturated carbocycles. The molecule has 1 heterocycles. The zero-order chi connectivity index (χ0) is 14.5. The molecule has 2 rings (SSSR count). The molecule has 5 heteroatoms. The number of allylic oxidation sites excluding steroid dienone is 3. The second-order valence-electron chi connectivity index (χ2n) is 4.48. The molecule has 0 unspecified atom stereocenters. The average Bonchev–Trinajstić information content (AvgIpc) is 2.47. The lowest BCUT2D eigenvalue weighted by Crippen LogP contribution is -2.13. The minimum Gasteiger partial charge on any atom is -0.508 e. The van der Waals surface area contributed by atoms with E-state index < -0.39 is 0 Å². The maximum absolute atomic E-state index is 9.77. The second kappa shape index (κ2) is 6.14. The van der Waals surface area contributed by atoms with Crippen LogP contribution in [0.25, 0.3) is 0 Å². The Kier molecular flexibility index (Phi) is 4.30. The topological polar surface area (TPSA) is 90.0 Å². The lowest BCUT2D eigenvalue weighted by atomic mass is 9.95. The Balaban J connectivity index is 2.14. The average molecular weight is 271 g/mol. The predicted molar refractivity (Wildman–Crippen MR) is 78.0 cm³/mol. The molecule has 1 aromatic heterocycles. The summed E-state index contributed by atoms with van der Waals surface area (Å²) in [6, 6.07) is 3.47. The van der Waals surface area contributed by atoms with Gasteiger partial charge in [0.25, 0.3) is 0 Å². The normalized spacial score (nSPS) is 14.2. The molecule has 0 atom stereocenters. The van der Waals surface area contributed by atoms with Gasteiger partial charge in [-0.1, -0.05) is 6.08 Å². The smallest absolute Gasteiger partial charge is 0.222 e. The van der Waals surface area contributed by atoms with E-state index in [-0.39, 0.29) is 23.6 Å². The van der Waals surface area contributed by atoms with Gasteiger partial charge in [0.1, 0.15) is 5.76 Å². The lowest BCUT2D eigenvalue weighted by molar-refractivity contribution is 0.397. The monoisotopic (exact) mass is 271 g/mol. The van der Waals surface area contributed by atoms with Crippen molar-refractivity contribution < 1.29 is 9.84 Å². The highest BCUT2D eigenvalue weighted by Crippen LogP contribution is 2.21.